The van der Waals surface area contributed by atoms with Crippen LogP contribution in [0.15, 0.2) is 53.4 Å². The van der Waals surface area contributed by atoms with E-state index in [1.807, 2.05) is 0 Å². The standard InChI is InChI=1S/C21H23F3N2O4S/c1-13(31-19-8-6-16(7-9-19)26-14(2)27)20(29)25-11-17(28)12-30-18-5-3-4-15(10-18)21(22,23)24/h3-10,13,17,28H,11-12H2,1-2H3,(H,25,29)(H,26,27). The molecule has 0 spiro atoms. The number of aliphatic hydroxyl groups excluding tert-OH is 1. The summed E-state index contributed by atoms with van der Waals surface area (Å²) in [6.45, 7) is 2.74. The zero-order valence-electron chi connectivity index (χ0n) is 16.9. The maximum Gasteiger partial charge on any atom is 0.416 e. The highest BCUT2D eigenvalue weighted by molar-refractivity contribution is 8.00. The molecular weight excluding hydrogens is 433 g/mol. The number of nitrogens with one attached hydrogen (secondary N) is 2. The summed E-state index contributed by atoms with van der Waals surface area (Å²) in [5.41, 5.74) is -0.193. The van der Waals surface area contributed by atoms with Crippen molar-refractivity contribution in [2.75, 3.05) is 18.5 Å². The number of hydrogen-bond donors (Lipinski definition) is 3. The Balaban J connectivity index is 1.76. The predicted octanol–water partition coefficient (Wildman–Crippen LogP) is 3.70. The van der Waals surface area contributed by atoms with Crippen LogP contribution < -0.4 is 15.4 Å². The number of thioether (sulfide) groups is 1. The molecule has 6 nitrogen and oxygen atoms in total. The maximum absolute atomic E-state index is 12.7. The van der Waals surface area contributed by atoms with E-state index in [0.717, 1.165) is 17.0 Å². The molecule has 0 aliphatic heterocycles. The van der Waals surface area contributed by atoms with E-state index in [4.69, 9.17) is 4.74 Å². The van der Waals surface area contributed by atoms with E-state index in [0.29, 0.717) is 5.69 Å². The Morgan fingerprint density at radius 2 is 1.84 bits per heavy atom. The summed E-state index contributed by atoms with van der Waals surface area (Å²) in [5, 5.41) is 14.7. The van der Waals surface area contributed by atoms with Gasteiger partial charge in [0.1, 0.15) is 18.5 Å². The number of halogens is 3. The number of alkyl halides is 3. The molecule has 0 aromatic heterocycles. The fourth-order valence-electron chi connectivity index (χ4n) is 2.45. The average Bonchev–Trinajstić information content (AvgIpc) is 2.71. The average molecular weight is 456 g/mol. The van der Waals surface area contributed by atoms with Gasteiger partial charge in [0.05, 0.1) is 10.8 Å². The predicted molar refractivity (Wildman–Crippen MR) is 112 cm³/mol. The first-order valence-corrected chi connectivity index (χ1v) is 10.2. The molecule has 0 bridgehead atoms. The Morgan fingerprint density at radius 3 is 2.45 bits per heavy atom. The Hall–Kier alpha value is -2.72. The first kappa shape index (κ1) is 24.5. The molecule has 0 radical (unpaired) electrons. The molecule has 2 unspecified atom stereocenters. The lowest BCUT2D eigenvalue weighted by atomic mass is 10.2. The van der Waals surface area contributed by atoms with Crippen molar-refractivity contribution in [3.05, 3.63) is 54.1 Å². The van der Waals surface area contributed by atoms with Crippen molar-refractivity contribution in [3.63, 3.8) is 0 Å². The highest BCUT2D eigenvalue weighted by atomic mass is 32.2. The summed E-state index contributed by atoms with van der Waals surface area (Å²) in [5.74, 6) is -0.510. The molecule has 0 saturated heterocycles. The number of hydrogen-bond acceptors (Lipinski definition) is 5. The molecule has 31 heavy (non-hydrogen) atoms. The third-order valence-corrected chi connectivity index (χ3v) is 5.08. The van der Waals surface area contributed by atoms with E-state index in [-0.39, 0.29) is 30.7 Å². The number of anilines is 1. The van der Waals surface area contributed by atoms with E-state index in [1.54, 1.807) is 31.2 Å². The van der Waals surface area contributed by atoms with Crippen LogP contribution in [0, 0.1) is 0 Å². The summed E-state index contributed by atoms with van der Waals surface area (Å²) in [7, 11) is 0. The molecule has 0 aliphatic carbocycles. The number of ether oxygens (including phenoxy) is 1. The third-order valence-electron chi connectivity index (χ3n) is 3.97. The smallest absolute Gasteiger partial charge is 0.416 e. The molecule has 2 atom stereocenters. The molecule has 3 N–H and O–H groups in total. The van der Waals surface area contributed by atoms with Gasteiger partial charge in [-0.3, -0.25) is 9.59 Å². The Morgan fingerprint density at radius 1 is 1.16 bits per heavy atom. The van der Waals surface area contributed by atoms with Gasteiger partial charge in [0.15, 0.2) is 0 Å². The fraction of sp³-hybridized carbons (Fsp3) is 0.333. The summed E-state index contributed by atoms with van der Waals surface area (Å²) in [6, 6.07) is 11.4. The summed E-state index contributed by atoms with van der Waals surface area (Å²) in [4.78, 5) is 24.1. The van der Waals surface area contributed by atoms with Crippen LogP contribution in [0.5, 0.6) is 5.75 Å². The van der Waals surface area contributed by atoms with Gasteiger partial charge < -0.3 is 20.5 Å². The first-order valence-electron chi connectivity index (χ1n) is 9.34. The molecule has 0 saturated carbocycles. The Bertz CT molecular complexity index is 891. The number of rotatable bonds is 9. The number of amides is 2. The molecule has 0 fully saturated rings. The molecule has 10 heteroatoms. The fourth-order valence-corrected chi connectivity index (χ4v) is 3.35. The second kappa shape index (κ2) is 11.1. The highest BCUT2D eigenvalue weighted by Crippen LogP contribution is 2.31. The number of carbonyl (C=O) groups excluding carboxylic acids is 2. The van der Waals surface area contributed by atoms with Gasteiger partial charge in [-0.05, 0) is 49.4 Å². The van der Waals surface area contributed by atoms with Crippen molar-refractivity contribution in [2.24, 2.45) is 0 Å². The molecule has 168 valence electrons. The molecular formula is C21H23F3N2O4S. The number of benzene rings is 2. The van der Waals surface area contributed by atoms with Crippen LogP contribution >= 0.6 is 11.8 Å². The SMILES string of the molecule is CC(=O)Nc1ccc(SC(C)C(=O)NCC(O)COc2cccc(C(F)(F)F)c2)cc1. The molecule has 0 aliphatic rings. The van der Waals surface area contributed by atoms with Crippen LogP contribution in [0.1, 0.15) is 19.4 Å². The van der Waals surface area contributed by atoms with Crippen molar-refractivity contribution in [2.45, 2.75) is 36.3 Å². The van der Waals surface area contributed by atoms with E-state index >= 15 is 0 Å². The van der Waals surface area contributed by atoms with E-state index < -0.39 is 23.1 Å². The summed E-state index contributed by atoms with van der Waals surface area (Å²) >= 11 is 1.30. The summed E-state index contributed by atoms with van der Waals surface area (Å²) in [6.07, 6.45) is -5.57. The van der Waals surface area contributed by atoms with Crippen LogP contribution in [-0.4, -0.2) is 41.4 Å². The van der Waals surface area contributed by atoms with Gasteiger partial charge in [0.2, 0.25) is 11.8 Å². The van der Waals surface area contributed by atoms with Crippen LogP contribution in [0.4, 0.5) is 18.9 Å². The van der Waals surface area contributed by atoms with Gasteiger partial charge in [-0.15, -0.1) is 11.8 Å². The lowest BCUT2D eigenvalue weighted by Crippen LogP contribution is -2.38. The van der Waals surface area contributed by atoms with Crippen molar-refractivity contribution >= 4 is 29.3 Å². The Labute approximate surface area is 182 Å². The van der Waals surface area contributed by atoms with Crippen LogP contribution in [-0.2, 0) is 15.8 Å². The van der Waals surface area contributed by atoms with Crippen molar-refractivity contribution in [1.82, 2.24) is 5.32 Å². The van der Waals surface area contributed by atoms with E-state index in [9.17, 15) is 27.9 Å². The highest BCUT2D eigenvalue weighted by Gasteiger charge is 2.30. The largest absolute Gasteiger partial charge is 0.491 e. The van der Waals surface area contributed by atoms with E-state index in [1.165, 1.54) is 30.8 Å². The molecule has 2 amide bonds. The quantitative estimate of drug-likeness (QED) is 0.501. The van der Waals surface area contributed by atoms with Crippen LogP contribution in [0.3, 0.4) is 0 Å². The summed E-state index contributed by atoms with van der Waals surface area (Å²) < 4.78 is 43.3. The topological polar surface area (TPSA) is 87.7 Å². The third kappa shape index (κ3) is 8.50. The second-order valence-electron chi connectivity index (χ2n) is 6.70. The maximum atomic E-state index is 12.7. The van der Waals surface area contributed by atoms with Gasteiger partial charge in [-0.2, -0.15) is 13.2 Å². The lowest BCUT2D eigenvalue weighted by molar-refractivity contribution is -0.137. The second-order valence-corrected chi connectivity index (χ2v) is 8.12. The van der Waals surface area contributed by atoms with Crippen LogP contribution in [0.2, 0.25) is 0 Å². The van der Waals surface area contributed by atoms with Crippen molar-refractivity contribution < 1.29 is 32.6 Å². The van der Waals surface area contributed by atoms with Gasteiger partial charge in [0.25, 0.3) is 0 Å². The lowest BCUT2D eigenvalue weighted by Gasteiger charge is -2.16. The molecule has 2 rings (SSSR count). The van der Waals surface area contributed by atoms with Crippen LogP contribution in [0.25, 0.3) is 0 Å². The number of carbonyl (C=O) groups is 2. The molecule has 0 heterocycles. The van der Waals surface area contributed by atoms with Gasteiger partial charge in [-0.1, -0.05) is 6.07 Å². The van der Waals surface area contributed by atoms with Gasteiger partial charge >= 0.3 is 6.18 Å². The number of aliphatic hydroxyl groups is 1. The first-order chi connectivity index (χ1) is 14.5. The molecule has 2 aromatic carbocycles. The van der Waals surface area contributed by atoms with Crippen molar-refractivity contribution in [1.29, 1.82) is 0 Å². The van der Waals surface area contributed by atoms with E-state index in [2.05, 4.69) is 10.6 Å². The monoisotopic (exact) mass is 456 g/mol. The minimum Gasteiger partial charge on any atom is -0.491 e. The zero-order chi connectivity index (χ0) is 23.0. The minimum absolute atomic E-state index is 0.0214. The normalized spacial score (nSPS) is 13.2. The Kier molecular flexibility index (Phi) is 8.76. The van der Waals surface area contributed by atoms with Crippen molar-refractivity contribution in [3.8, 4) is 5.75 Å². The van der Waals surface area contributed by atoms with Gasteiger partial charge in [-0.25, -0.2) is 0 Å². The molecule has 2 aromatic rings. The zero-order valence-corrected chi connectivity index (χ0v) is 17.7. The minimum atomic E-state index is -4.48. The van der Waals surface area contributed by atoms with Gasteiger partial charge in [0, 0.05) is 24.1 Å².